The van der Waals surface area contributed by atoms with Crippen molar-refractivity contribution in [2.24, 2.45) is 0 Å². The topological polar surface area (TPSA) is 0 Å². The van der Waals surface area contributed by atoms with Crippen molar-refractivity contribution in [1.82, 2.24) is 0 Å². The van der Waals surface area contributed by atoms with Gasteiger partial charge in [0.1, 0.15) is 0 Å². The second-order valence-corrected chi connectivity index (χ2v) is 6.43. The molecule has 0 spiro atoms. The molecule has 0 heteroatoms. The van der Waals surface area contributed by atoms with E-state index >= 15 is 0 Å². The SMILES string of the molecule is C=C(C#Cc1ccccc1)C=C(c1ccc(C)cc1)c1ccc(C)cc1. The number of aryl methyl sites for hydroxylation is 2. The largest absolute Gasteiger partial charge is 0.0832 e. The summed E-state index contributed by atoms with van der Waals surface area (Å²) < 4.78 is 0. The van der Waals surface area contributed by atoms with Crippen molar-refractivity contribution in [3.05, 3.63) is 125 Å². The molecule has 0 aliphatic heterocycles. The molecule has 0 fully saturated rings. The smallest absolute Gasteiger partial charge is 0.0249 e. The summed E-state index contributed by atoms with van der Waals surface area (Å²) in [6.45, 7) is 8.35. The van der Waals surface area contributed by atoms with Crippen LogP contribution >= 0.6 is 0 Å². The summed E-state index contributed by atoms with van der Waals surface area (Å²) in [5.74, 6) is 6.35. The Morgan fingerprint density at radius 3 is 1.73 bits per heavy atom. The van der Waals surface area contributed by atoms with Crippen LogP contribution in [0.1, 0.15) is 27.8 Å². The molecule has 0 atom stereocenters. The number of allylic oxidation sites excluding steroid dienone is 2. The lowest BCUT2D eigenvalue weighted by Crippen LogP contribution is -1.90. The molecule has 3 aromatic carbocycles. The van der Waals surface area contributed by atoms with Gasteiger partial charge in [0.15, 0.2) is 0 Å². The molecule has 26 heavy (non-hydrogen) atoms. The first-order chi connectivity index (χ1) is 12.6. The summed E-state index contributed by atoms with van der Waals surface area (Å²) in [5, 5.41) is 0. The van der Waals surface area contributed by atoms with E-state index in [1.807, 2.05) is 30.3 Å². The van der Waals surface area contributed by atoms with Gasteiger partial charge in [0.25, 0.3) is 0 Å². The first-order valence-electron chi connectivity index (χ1n) is 8.73. The Kier molecular flexibility index (Phi) is 5.52. The van der Waals surface area contributed by atoms with Gasteiger partial charge in [-0.2, -0.15) is 0 Å². The Hall–Kier alpha value is -3.30. The number of hydrogen-bond donors (Lipinski definition) is 0. The normalized spacial score (nSPS) is 9.77. The van der Waals surface area contributed by atoms with E-state index in [1.54, 1.807) is 0 Å². The fourth-order valence-electron chi connectivity index (χ4n) is 2.68. The van der Waals surface area contributed by atoms with Crippen LogP contribution in [0.4, 0.5) is 0 Å². The van der Waals surface area contributed by atoms with E-state index in [9.17, 15) is 0 Å². The van der Waals surface area contributed by atoms with Gasteiger partial charge in [-0.3, -0.25) is 0 Å². The summed E-state index contributed by atoms with van der Waals surface area (Å²) in [5.41, 5.74) is 7.76. The van der Waals surface area contributed by atoms with Crippen LogP contribution in [-0.2, 0) is 0 Å². The molecule has 0 unspecified atom stereocenters. The first-order valence-corrected chi connectivity index (χ1v) is 8.73. The Balaban J connectivity index is 1.98. The average Bonchev–Trinajstić information content (AvgIpc) is 2.67. The van der Waals surface area contributed by atoms with Crippen LogP contribution in [-0.4, -0.2) is 0 Å². The minimum atomic E-state index is 0.796. The van der Waals surface area contributed by atoms with Gasteiger partial charge < -0.3 is 0 Å². The van der Waals surface area contributed by atoms with E-state index in [2.05, 4.69) is 86.9 Å². The van der Waals surface area contributed by atoms with Gasteiger partial charge in [0.05, 0.1) is 0 Å². The molecule has 0 nitrogen and oxygen atoms in total. The number of hydrogen-bond acceptors (Lipinski definition) is 0. The maximum atomic E-state index is 4.15. The van der Waals surface area contributed by atoms with Gasteiger partial charge in [-0.1, -0.05) is 96.3 Å². The lowest BCUT2D eigenvalue weighted by atomic mass is 9.94. The van der Waals surface area contributed by atoms with Gasteiger partial charge in [-0.05, 0) is 48.8 Å². The second kappa shape index (κ2) is 8.19. The van der Waals surface area contributed by atoms with Crippen molar-refractivity contribution in [1.29, 1.82) is 0 Å². The molecule has 126 valence electrons. The van der Waals surface area contributed by atoms with Crippen LogP contribution in [0.5, 0.6) is 0 Å². The van der Waals surface area contributed by atoms with Gasteiger partial charge in [-0.25, -0.2) is 0 Å². The molecule has 0 saturated carbocycles. The molecule has 0 aliphatic rings. The van der Waals surface area contributed by atoms with Crippen LogP contribution in [0.3, 0.4) is 0 Å². The molecule has 0 heterocycles. The van der Waals surface area contributed by atoms with Gasteiger partial charge in [-0.15, -0.1) is 0 Å². The zero-order valence-electron chi connectivity index (χ0n) is 15.3. The maximum absolute atomic E-state index is 4.15. The molecule has 0 saturated heterocycles. The molecule has 0 radical (unpaired) electrons. The summed E-state index contributed by atoms with van der Waals surface area (Å²) in [6.07, 6.45) is 2.07. The molecular weight excluding hydrogens is 312 g/mol. The summed E-state index contributed by atoms with van der Waals surface area (Å²) in [4.78, 5) is 0. The number of benzene rings is 3. The highest BCUT2D eigenvalue weighted by Gasteiger charge is 2.05. The Labute approximate surface area is 156 Å². The highest BCUT2D eigenvalue weighted by atomic mass is 14.1. The van der Waals surface area contributed by atoms with E-state index in [4.69, 9.17) is 0 Å². The molecule has 0 aromatic heterocycles. The minimum Gasteiger partial charge on any atom is -0.0832 e. The summed E-state index contributed by atoms with van der Waals surface area (Å²) in [6, 6.07) is 27.1. The van der Waals surface area contributed by atoms with Crippen LogP contribution in [0.25, 0.3) is 5.57 Å². The van der Waals surface area contributed by atoms with Crippen LogP contribution in [0, 0.1) is 25.7 Å². The van der Waals surface area contributed by atoms with Crippen molar-refractivity contribution in [2.45, 2.75) is 13.8 Å². The minimum absolute atomic E-state index is 0.796. The molecule has 0 amide bonds. The molecule has 3 aromatic rings. The van der Waals surface area contributed by atoms with Crippen molar-refractivity contribution in [3.8, 4) is 11.8 Å². The third kappa shape index (κ3) is 4.62. The third-order valence-corrected chi connectivity index (χ3v) is 4.18. The Bertz CT molecular complexity index is 926. The molecule has 0 aliphatic carbocycles. The lowest BCUT2D eigenvalue weighted by Gasteiger charge is -2.10. The predicted octanol–water partition coefficient (Wildman–Crippen LogP) is 6.34. The monoisotopic (exact) mass is 334 g/mol. The van der Waals surface area contributed by atoms with E-state index in [0.717, 1.165) is 16.7 Å². The van der Waals surface area contributed by atoms with Crippen molar-refractivity contribution in [2.75, 3.05) is 0 Å². The van der Waals surface area contributed by atoms with Crippen LogP contribution in [0.15, 0.2) is 97.1 Å². The van der Waals surface area contributed by atoms with E-state index in [-0.39, 0.29) is 0 Å². The predicted molar refractivity (Wildman–Crippen MR) is 112 cm³/mol. The van der Waals surface area contributed by atoms with Gasteiger partial charge >= 0.3 is 0 Å². The average molecular weight is 334 g/mol. The standard InChI is InChI=1S/C26H22/c1-20-10-15-24(16-11-20)26(25-17-12-21(2)13-18-25)19-22(3)9-14-23-7-5-4-6-8-23/h4-8,10-13,15-19H,3H2,1-2H3. The van der Waals surface area contributed by atoms with E-state index < -0.39 is 0 Å². The second-order valence-electron chi connectivity index (χ2n) is 6.43. The first kappa shape index (κ1) is 17.5. The lowest BCUT2D eigenvalue weighted by molar-refractivity contribution is 1.42. The van der Waals surface area contributed by atoms with Gasteiger partial charge in [0.2, 0.25) is 0 Å². The van der Waals surface area contributed by atoms with Crippen LogP contribution in [0.2, 0.25) is 0 Å². The van der Waals surface area contributed by atoms with E-state index in [1.165, 1.54) is 22.3 Å². The fourth-order valence-corrected chi connectivity index (χ4v) is 2.68. The molecule has 3 rings (SSSR count). The van der Waals surface area contributed by atoms with Crippen molar-refractivity contribution < 1.29 is 0 Å². The zero-order valence-corrected chi connectivity index (χ0v) is 15.3. The highest BCUT2D eigenvalue weighted by molar-refractivity contribution is 5.82. The van der Waals surface area contributed by atoms with E-state index in [0.29, 0.717) is 0 Å². The van der Waals surface area contributed by atoms with Gasteiger partial charge in [0, 0.05) is 11.1 Å². The molecule has 0 N–H and O–H groups in total. The zero-order chi connectivity index (χ0) is 18.4. The maximum Gasteiger partial charge on any atom is 0.0249 e. The highest BCUT2D eigenvalue weighted by Crippen LogP contribution is 2.25. The Morgan fingerprint density at radius 1 is 0.731 bits per heavy atom. The van der Waals surface area contributed by atoms with Crippen molar-refractivity contribution >= 4 is 5.57 Å². The summed E-state index contributed by atoms with van der Waals surface area (Å²) >= 11 is 0. The quantitative estimate of drug-likeness (QED) is 0.387. The fraction of sp³-hybridized carbons (Fsp3) is 0.0769. The van der Waals surface area contributed by atoms with Crippen molar-refractivity contribution in [3.63, 3.8) is 0 Å². The third-order valence-electron chi connectivity index (χ3n) is 4.18. The summed E-state index contributed by atoms with van der Waals surface area (Å²) in [7, 11) is 0. The molecular formula is C26H22. The van der Waals surface area contributed by atoms with Crippen LogP contribution < -0.4 is 0 Å². The Morgan fingerprint density at radius 2 is 1.23 bits per heavy atom. The molecule has 0 bridgehead atoms. The number of rotatable bonds is 3.